The molecule has 2 N–H and O–H groups in total. The fraction of sp³-hybridized carbons (Fsp3) is 0.471. The highest BCUT2D eigenvalue weighted by Gasteiger charge is 2.22. The fourth-order valence-corrected chi connectivity index (χ4v) is 3.05. The zero-order valence-electron chi connectivity index (χ0n) is 14.0. The van der Waals surface area contributed by atoms with Crippen LogP contribution in [0.3, 0.4) is 0 Å². The third kappa shape index (κ3) is 4.01. The molecule has 1 aromatic carbocycles. The number of hydrogen-bond donors (Lipinski definition) is 2. The van der Waals surface area contributed by atoms with Gasteiger partial charge in [-0.25, -0.2) is 13.5 Å². The lowest BCUT2D eigenvalue weighted by molar-refractivity contribution is 0.0929. The monoisotopic (exact) mass is 349 g/mol. The van der Waals surface area contributed by atoms with Crippen molar-refractivity contribution >= 4 is 5.91 Å². The maximum atomic E-state index is 14.0. The molecule has 0 spiro atoms. The van der Waals surface area contributed by atoms with E-state index in [1.54, 1.807) is 10.9 Å². The first kappa shape index (κ1) is 17.5. The molecule has 0 bridgehead atoms. The van der Waals surface area contributed by atoms with Crippen LogP contribution in [0.4, 0.5) is 8.78 Å². The van der Waals surface area contributed by atoms with E-state index in [0.29, 0.717) is 6.42 Å². The maximum absolute atomic E-state index is 14.0. The topological polar surface area (TPSA) is 71.8 Å². The van der Waals surface area contributed by atoms with E-state index < -0.39 is 23.6 Å². The van der Waals surface area contributed by atoms with E-state index >= 15 is 0 Å². The molecular formula is C17H21F2N5O. The highest BCUT2D eigenvalue weighted by molar-refractivity contribution is 5.92. The van der Waals surface area contributed by atoms with Crippen molar-refractivity contribution < 1.29 is 13.6 Å². The van der Waals surface area contributed by atoms with Gasteiger partial charge in [0.05, 0.1) is 18.3 Å². The number of carbonyl (C=O) groups is 1. The lowest BCUT2D eigenvalue weighted by Crippen LogP contribution is -2.30. The van der Waals surface area contributed by atoms with E-state index in [4.69, 9.17) is 0 Å². The predicted octanol–water partition coefficient (Wildman–Crippen LogP) is 2.36. The van der Waals surface area contributed by atoms with Crippen LogP contribution in [0, 0.1) is 11.6 Å². The smallest absolute Gasteiger partial charge is 0.273 e. The summed E-state index contributed by atoms with van der Waals surface area (Å²) < 4.78 is 28.7. The zero-order valence-corrected chi connectivity index (χ0v) is 14.0. The molecule has 0 radical (unpaired) electrons. The van der Waals surface area contributed by atoms with Gasteiger partial charge in [0, 0.05) is 11.6 Å². The normalized spacial score (nSPS) is 16.6. The Balaban J connectivity index is 1.71. The Bertz CT molecular complexity index is 742. The molecular weight excluding hydrogens is 328 g/mol. The van der Waals surface area contributed by atoms with Gasteiger partial charge in [-0.3, -0.25) is 4.79 Å². The maximum Gasteiger partial charge on any atom is 0.273 e. The molecule has 1 aromatic heterocycles. The van der Waals surface area contributed by atoms with Crippen LogP contribution < -0.4 is 10.6 Å². The first-order chi connectivity index (χ1) is 12.1. The Labute approximate surface area is 144 Å². The standard InChI is InChI=1S/C17H21F2N5O/c1-2-15(13-4-3-11(18)9-14(13)19)21-17(25)16-10-24(23-22-16)12-5-7-20-8-6-12/h3-4,9-10,12,15,20H,2,5-8H2,1H3,(H,21,25). The molecule has 2 aromatic rings. The molecule has 1 aliphatic heterocycles. The number of nitrogens with one attached hydrogen (secondary N) is 2. The van der Waals surface area contributed by atoms with E-state index in [1.165, 1.54) is 12.1 Å². The van der Waals surface area contributed by atoms with Gasteiger partial charge in [0.2, 0.25) is 0 Å². The summed E-state index contributed by atoms with van der Waals surface area (Å²) in [6.45, 7) is 3.64. The number of carbonyl (C=O) groups excluding carboxylic acids is 1. The molecule has 1 unspecified atom stereocenters. The van der Waals surface area contributed by atoms with Crippen LogP contribution in [-0.2, 0) is 0 Å². The number of piperidine rings is 1. The highest BCUT2D eigenvalue weighted by Crippen LogP contribution is 2.22. The average molecular weight is 349 g/mol. The third-order valence-corrected chi connectivity index (χ3v) is 4.48. The quantitative estimate of drug-likeness (QED) is 0.869. The van der Waals surface area contributed by atoms with E-state index in [1.807, 2.05) is 6.92 Å². The van der Waals surface area contributed by atoms with Gasteiger partial charge >= 0.3 is 0 Å². The van der Waals surface area contributed by atoms with Gasteiger partial charge in [0.25, 0.3) is 5.91 Å². The highest BCUT2D eigenvalue weighted by atomic mass is 19.1. The van der Waals surface area contributed by atoms with E-state index in [0.717, 1.165) is 32.0 Å². The van der Waals surface area contributed by atoms with Gasteiger partial charge in [-0.2, -0.15) is 0 Å². The van der Waals surface area contributed by atoms with Crippen LogP contribution >= 0.6 is 0 Å². The first-order valence-corrected chi connectivity index (χ1v) is 8.47. The van der Waals surface area contributed by atoms with Crippen LogP contribution in [0.5, 0.6) is 0 Å². The van der Waals surface area contributed by atoms with Crippen LogP contribution in [0.2, 0.25) is 0 Å². The largest absolute Gasteiger partial charge is 0.344 e. The van der Waals surface area contributed by atoms with Crippen LogP contribution in [0.1, 0.15) is 54.3 Å². The van der Waals surface area contributed by atoms with Crippen molar-refractivity contribution in [1.82, 2.24) is 25.6 Å². The summed E-state index contributed by atoms with van der Waals surface area (Å²) in [7, 11) is 0. The number of aromatic nitrogens is 3. The van der Waals surface area contributed by atoms with E-state index in [2.05, 4.69) is 20.9 Å². The van der Waals surface area contributed by atoms with Crippen molar-refractivity contribution in [2.24, 2.45) is 0 Å². The Morgan fingerprint density at radius 1 is 1.40 bits per heavy atom. The summed E-state index contributed by atoms with van der Waals surface area (Å²) in [5.74, 6) is -1.74. The van der Waals surface area contributed by atoms with Crippen LogP contribution in [-0.4, -0.2) is 34.0 Å². The minimum absolute atomic E-state index is 0.194. The van der Waals surface area contributed by atoms with Crippen molar-refractivity contribution in [3.8, 4) is 0 Å². The van der Waals surface area contributed by atoms with Gasteiger partial charge < -0.3 is 10.6 Å². The molecule has 3 rings (SSSR count). The molecule has 1 fully saturated rings. The summed E-state index contributed by atoms with van der Waals surface area (Å²) in [5.41, 5.74) is 0.447. The second-order valence-corrected chi connectivity index (χ2v) is 6.17. The fourth-order valence-electron chi connectivity index (χ4n) is 3.05. The number of nitrogens with zero attached hydrogens (tertiary/aromatic N) is 3. The van der Waals surface area contributed by atoms with Crippen LogP contribution in [0.25, 0.3) is 0 Å². The minimum Gasteiger partial charge on any atom is -0.344 e. The molecule has 1 atom stereocenters. The number of rotatable bonds is 5. The lowest BCUT2D eigenvalue weighted by atomic mass is 10.0. The van der Waals surface area contributed by atoms with E-state index in [9.17, 15) is 13.6 Å². The third-order valence-electron chi connectivity index (χ3n) is 4.48. The second kappa shape index (κ2) is 7.69. The summed E-state index contributed by atoms with van der Waals surface area (Å²) in [6, 6.07) is 3.02. The molecule has 6 nitrogen and oxygen atoms in total. The predicted molar refractivity (Wildman–Crippen MR) is 88.0 cm³/mol. The molecule has 0 aliphatic carbocycles. The first-order valence-electron chi connectivity index (χ1n) is 8.47. The van der Waals surface area contributed by atoms with Crippen LogP contribution in [0.15, 0.2) is 24.4 Å². The van der Waals surface area contributed by atoms with E-state index in [-0.39, 0.29) is 17.3 Å². The number of benzene rings is 1. The summed E-state index contributed by atoms with van der Waals surface area (Å²) >= 11 is 0. The molecule has 0 saturated carbocycles. The molecule has 1 aliphatic rings. The zero-order chi connectivity index (χ0) is 17.8. The average Bonchev–Trinajstić information content (AvgIpc) is 3.11. The molecule has 2 heterocycles. The Morgan fingerprint density at radius 3 is 2.84 bits per heavy atom. The van der Waals surface area contributed by atoms with Crippen molar-refractivity contribution in [3.63, 3.8) is 0 Å². The van der Waals surface area contributed by atoms with Crippen molar-refractivity contribution in [3.05, 3.63) is 47.3 Å². The number of halogens is 2. The molecule has 25 heavy (non-hydrogen) atoms. The summed E-state index contributed by atoms with van der Waals surface area (Å²) in [4.78, 5) is 12.4. The molecule has 1 saturated heterocycles. The van der Waals surface area contributed by atoms with Gasteiger partial charge in [0.15, 0.2) is 5.69 Å². The van der Waals surface area contributed by atoms with Gasteiger partial charge in [-0.05, 0) is 38.4 Å². The Kier molecular flexibility index (Phi) is 5.37. The summed E-state index contributed by atoms with van der Waals surface area (Å²) in [6.07, 6.45) is 3.96. The minimum atomic E-state index is -0.675. The summed E-state index contributed by atoms with van der Waals surface area (Å²) in [5, 5.41) is 14.0. The van der Waals surface area contributed by atoms with Gasteiger partial charge in [0.1, 0.15) is 11.6 Å². The number of hydrogen-bond acceptors (Lipinski definition) is 4. The van der Waals surface area contributed by atoms with Crippen molar-refractivity contribution in [1.29, 1.82) is 0 Å². The Morgan fingerprint density at radius 2 is 2.16 bits per heavy atom. The van der Waals surface area contributed by atoms with Gasteiger partial charge in [-0.15, -0.1) is 5.10 Å². The van der Waals surface area contributed by atoms with Gasteiger partial charge in [-0.1, -0.05) is 18.2 Å². The number of amides is 1. The SMILES string of the molecule is CCC(NC(=O)c1cn(C2CCNCC2)nn1)c1ccc(F)cc1F. The Hall–Kier alpha value is -2.35. The molecule has 1 amide bonds. The second-order valence-electron chi connectivity index (χ2n) is 6.17. The van der Waals surface area contributed by atoms with Crippen molar-refractivity contribution in [2.45, 2.75) is 38.3 Å². The molecule has 8 heteroatoms. The van der Waals surface area contributed by atoms with Crippen molar-refractivity contribution in [2.75, 3.05) is 13.1 Å². The molecule has 134 valence electrons. The lowest BCUT2D eigenvalue weighted by Gasteiger charge is -2.22.